The monoisotopic (exact) mass is 370 g/mol. The molecular weight excluding hydrogens is 328 g/mol. The summed E-state index contributed by atoms with van der Waals surface area (Å²) in [4.78, 5) is 0. The van der Waals surface area contributed by atoms with Gasteiger partial charge in [-0.2, -0.15) is 0 Å². The zero-order chi connectivity index (χ0) is 19.4. The molecule has 4 aliphatic carbocycles. The van der Waals surface area contributed by atoms with Crippen molar-refractivity contribution >= 4 is 0 Å². The van der Waals surface area contributed by atoms with Crippen LogP contribution in [0.15, 0.2) is 23.8 Å². The fraction of sp³-hybridized carbons (Fsp3) is 0.846. The molecule has 0 amide bonds. The van der Waals surface area contributed by atoms with Crippen molar-refractivity contribution in [3.8, 4) is 0 Å². The average Bonchev–Trinajstić information content (AvgIpc) is 2.97. The molecule has 4 aliphatic rings. The van der Waals surface area contributed by atoms with Crippen LogP contribution in [-0.4, -0.2) is 11.2 Å². The molecule has 0 bridgehead atoms. The van der Waals surface area contributed by atoms with Crippen LogP contribution in [0.2, 0.25) is 0 Å². The largest absolute Gasteiger partial charge is 0.393 e. The van der Waals surface area contributed by atoms with Crippen LogP contribution in [0.5, 0.6) is 0 Å². The fourth-order valence-corrected chi connectivity index (χ4v) is 8.08. The molecule has 8 atom stereocenters. The summed E-state index contributed by atoms with van der Waals surface area (Å²) < 4.78 is 0. The number of rotatable bonds is 3. The molecule has 0 heterocycles. The molecule has 152 valence electrons. The molecule has 3 saturated carbocycles. The Kier molecular flexibility index (Phi) is 5.15. The van der Waals surface area contributed by atoms with E-state index in [2.05, 4.69) is 52.8 Å². The minimum absolute atomic E-state index is 0.0841. The van der Waals surface area contributed by atoms with Gasteiger partial charge in [0.2, 0.25) is 0 Å². The lowest BCUT2D eigenvalue weighted by Crippen LogP contribution is -2.50. The number of hydrogen-bond acceptors (Lipinski definition) is 1. The number of hydrogen-bond donors (Lipinski definition) is 1. The van der Waals surface area contributed by atoms with Crippen LogP contribution in [0, 0.1) is 46.3 Å². The third kappa shape index (κ3) is 3.17. The van der Waals surface area contributed by atoms with Crippen LogP contribution >= 0.6 is 0 Å². The topological polar surface area (TPSA) is 20.2 Å². The molecule has 1 heteroatoms. The molecule has 1 N–H and O–H groups in total. The Morgan fingerprint density at radius 3 is 2.52 bits per heavy atom. The van der Waals surface area contributed by atoms with E-state index in [-0.39, 0.29) is 6.10 Å². The maximum absolute atomic E-state index is 10.2. The Balaban J connectivity index is 1.57. The first-order chi connectivity index (χ1) is 12.8. The number of aliphatic hydroxyl groups is 1. The molecule has 0 radical (unpaired) electrons. The van der Waals surface area contributed by atoms with Crippen molar-refractivity contribution in [2.45, 2.75) is 92.1 Å². The molecule has 1 nitrogen and oxygen atoms in total. The lowest BCUT2D eigenvalue weighted by Gasteiger charge is -2.58. The van der Waals surface area contributed by atoms with Gasteiger partial charge in [-0.1, -0.05) is 58.4 Å². The molecular formula is C26H42O. The van der Waals surface area contributed by atoms with Crippen molar-refractivity contribution < 1.29 is 5.11 Å². The van der Waals surface area contributed by atoms with Gasteiger partial charge in [-0.15, -0.1) is 0 Å². The number of allylic oxidation sites excluding steroid dienone is 3. The van der Waals surface area contributed by atoms with Crippen LogP contribution in [-0.2, 0) is 0 Å². The maximum Gasteiger partial charge on any atom is 0.0577 e. The SMILES string of the molecule is CC(C)/C=C/[C@H](C)[C@H]1CC[C@H]2[C@@H]3CC=C4C[C@@H](O)CC[C@]4(C)[C@H]3CC[C@]12C. The molecule has 0 aromatic heterocycles. The third-order valence-electron chi connectivity index (χ3n) is 9.59. The van der Waals surface area contributed by atoms with Gasteiger partial charge in [0.15, 0.2) is 0 Å². The number of aliphatic hydroxyl groups excluding tert-OH is 1. The van der Waals surface area contributed by atoms with Gasteiger partial charge in [-0.25, -0.2) is 0 Å². The molecule has 27 heavy (non-hydrogen) atoms. The van der Waals surface area contributed by atoms with Crippen molar-refractivity contribution in [3.63, 3.8) is 0 Å². The van der Waals surface area contributed by atoms with Crippen LogP contribution < -0.4 is 0 Å². The third-order valence-corrected chi connectivity index (χ3v) is 9.59. The van der Waals surface area contributed by atoms with Gasteiger partial charge in [-0.05, 0) is 97.7 Å². The Hall–Kier alpha value is -0.560. The summed E-state index contributed by atoms with van der Waals surface area (Å²) in [5.41, 5.74) is 2.52. The van der Waals surface area contributed by atoms with E-state index in [1.54, 1.807) is 5.57 Å². The second kappa shape index (κ2) is 7.05. The molecule has 4 rings (SSSR count). The average molecular weight is 371 g/mol. The second-order valence-electron chi connectivity index (χ2n) is 11.4. The fourth-order valence-electron chi connectivity index (χ4n) is 8.08. The molecule has 0 saturated heterocycles. The highest BCUT2D eigenvalue weighted by atomic mass is 16.3. The zero-order valence-corrected chi connectivity index (χ0v) is 18.4. The lowest BCUT2D eigenvalue weighted by molar-refractivity contribution is -0.0540. The van der Waals surface area contributed by atoms with E-state index >= 15 is 0 Å². The van der Waals surface area contributed by atoms with Gasteiger partial charge < -0.3 is 5.11 Å². The summed E-state index contributed by atoms with van der Waals surface area (Å²) in [5.74, 6) is 4.91. The predicted octanol–water partition coefficient (Wildman–Crippen LogP) is 6.77. The van der Waals surface area contributed by atoms with E-state index in [1.165, 1.54) is 38.5 Å². The summed E-state index contributed by atoms with van der Waals surface area (Å²) in [6, 6.07) is 0. The van der Waals surface area contributed by atoms with Crippen LogP contribution in [0.3, 0.4) is 0 Å². The highest BCUT2D eigenvalue weighted by molar-refractivity contribution is 5.25. The molecule has 0 spiro atoms. The van der Waals surface area contributed by atoms with E-state index in [1.807, 2.05) is 0 Å². The Bertz CT molecular complexity index is 616. The van der Waals surface area contributed by atoms with E-state index < -0.39 is 0 Å². The lowest BCUT2D eigenvalue weighted by atomic mass is 9.47. The first-order valence-corrected chi connectivity index (χ1v) is 11.8. The van der Waals surface area contributed by atoms with Crippen molar-refractivity contribution in [2.75, 3.05) is 0 Å². The first-order valence-electron chi connectivity index (χ1n) is 11.8. The molecule has 0 aromatic carbocycles. The van der Waals surface area contributed by atoms with Crippen molar-refractivity contribution in [1.82, 2.24) is 0 Å². The van der Waals surface area contributed by atoms with E-state index in [4.69, 9.17) is 0 Å². The molecule has 0 aromatic rings. The Morgan fingerprint density at radius 1 is 1.00 bits per heavy atom. The predicted molar refractivity (Wildman–Crippen MR) is 114 cm³/mol. The standard InChI is InChI=1S/C26H42O/c1-17(2)6-7-18(3)22-10-11-23-21-9-8-19-16-20(27)12-14-25(19,4)24(21)13-15-26(22,23)5/h6-8,17-18,20-24,27H,9-16H2,1-5H3/b7-6+/t18-,20-,21-,22+,23-,24-,25-,26+/m0/s1. The van der Waals surface area contributed by atoms with Crippen molar-refractivity contribution in [1.29, 1.82) is 0 Å². The van der Waals surface area contributed by atoms with Crippen molar-refractivity contribution in [2.24, 2.45) is 46.3 Å². The van der Waals surface area contributed by atoms with Gasteiger partial charge in [0.25, 0.3) is 0 Å². The van der Waals surface area contributed by atoms with Gasteiger partial charge >= 0.3 is 0 Å². The minimum Gasteiger partial charge on any atom is -0.393 e. The zero-order valence-electron chi connectivity index (χ0n) is 18.4. The van der Waals surface area contributed by atoms with Crippen LogP contribution in [0.4, 0.5) is 0 Å². The van der Waals surface area contributed by atoms with E-state index in [9.17, 15) is 5.11 Å². The second-order valence-corrected chi connectivity index (χ2v) is 11.4. The summed E-state index contributed by atoms with van der Waals surface area (Å²) in [7, 11) is 0. The smallest absolute Gasteiger partial charge is 0.0577 e. The quantitative estimate of drug-likeness (QED) is 0.543. The summed E-state index contributed by atoms with van der Waals surface area (Å²) in [6.07, 6.45) is 17.6. The highest BCUT2D eigenvalue weighted by Crippen LogP contribution is 2.67. The first kappa shape index (κ1) is 19.7. The van der Waals surface area contributed by atoms with E-state index in [0.29, 0.717) is 22.7 Å². The minimum atomic E-state index is -0.0841. The normalized spacial score (nSPS) is 48.1. The number of fused-ring (bicyclic) bond motifs is 5. The maximum atomic E-state index is 10.2. The summed E-state index contributed by atoms with van der Waals surface area (Å²) >= 11 is 0. The van der Waals surface area contributed by atoms with Gasteiger partial charge in [0, 0.05) is 0 Å². The van der Waals surface area contributed by atoms with Gasteiger partial charge in [0.1, 0.15) is 0 Å². The Labute approximate surface area is 167 Å². The van der Waals surface area contributed by atoms with Gasteiger partial charge in [-0.3, -0.25) is 0 Å². The molecule has 0 aliphatic heterocycles. The van der Waals surface area contributed by atoms with Crippen molar-refractivity contribution in [3.05, 3.63) is 23.8 Å². The summed E-state index contributed by atoms with van der Waals surface area (Å²) in [6.45, 7) is 12.3. The highest BCUT2D eigenvalue weighted by Gasteiger charge is 2.58. The van der Waals surface area contributed by atoms with Crippen LogP contribution in [0.1, 0.15) is 86.0 Å². The Morgan fingerprint density at radius 2 is 1.78 bits per heavy atom. The van der Waals surface area contributed by atoms with Crippen LogP contribution in [0.25, 0.3) is 0 Å². The summed E-state index contributed by atoms with van der Waals surface area (Å²) in [5, 5.41) is 10.2. The molecule has 3 fully saturated rings. The van der Waals surface area contributed by atoms with E-state index in [0.717, 1.165) is 36.5 Å². The molecule has 0 unspecified atom stereocenters. The van der Waals surface area contributed by atoms with Gasteiger partial charge in [0.05, 0.1) is 6.10 Å².